The topological polar surface area (TPSA) is 69.6 Å². The largest absolute Gasteiger partial charge is 0.382 e. The summed E-state index contributed by atoms with van der Waals surface area (Å²) in [6.45, 7) is 6.20. The Hall–Kier alpha value is -1.65. The molecule has 0 aromatic carbocycles. The van der Waals surface area contributed by atoms with Crippen LogP contribution in [0.25, 0.3) is 11.0 Å². The van der Waals surface area contributed by atoms with Crippen LogP contribution in [0.1, 0.15) is 32.5 Å². The lowest BCUT2D eigenvalue weighted by molar-refractivity contribution is 0.544. The Morgan fingerprint density at radius 3 is 2.73 bits per heavy atom. The van der Waals surface area contributed by atoms with Gasteiger partial charge in [-0.15, -0.1) is 0 Å². The zero-order valence-electron chi connectivity index (χ0n) is 9.23. The number of nitrogens with two attached hydrogens (primary N) is 1. The predicted octanol–water partition coefficient (Wildman–Crippen LogP) is 1.55. The molecule has 0 saturated carbocycles. The van der Waals surface area contributed by atoms with Crippen LogP contribution in [-0.2, 0) is 6.42 Å². The van der Waals surface area contributed by atoms with Crippen molar-refractivity contribution in [3.8, 4) is 0 Å². The van der Waals surface area contributed by atoms with Crippen molar-refractivity contribution in [3.05, 3.63) is 12.0 Å². The van der Waals surface area contributed by atoms with E-state index in [1.54, 1.807) is 0 Å². The van der Waals surface area contributed by atoms with Crippen molar-refractivity contribution >= 4 is 16.9 Å². The number of nitrogen functional groups attached to an aromatic ring is 1. The summed E-state index contributed by atoms with van der Waals surface area (Å²) in [7, 11) is 0. The quantitative estimate of drug-likeness (QED) is 0.807. The fourth-order valence-electron chi connectivity index (χ4n) is 1.67. The van der Waals surface area contributed by atoms with Gasteiger partial charge in [0.1, 0.15) is 17.4 Å². The van der Waals surface area contributed by atoms with Gasteiger partial charge in [-0.05, 0) is 20.3 Å². The highest BCUT2D eigenvalue weighted by Crippen LogP contribution is 2.23. The Balaban J connectivity index is 2.82. The molecule has 0 aliphatic heterocycles. The van der Waals surface area contributed by atoms with Crippen LogP contribution < -0.4 is 5.73 Å². The van der Waals surface area contributed by atoms with Crippen LogP contribution in [0.2, 0.25) is 0 Å². The molecule has 0 atom stereocenters. The van der Waals surface area contributed by atoms with Gasteiger partial charge in [-0.1, -0.05) is 6.92 Å². The SMILES string of the molecule is CCc1nn(C(C)C)c2c(N)ncnc12. The van der Waals surface area contributed by atoms with Gasteiger partial charge in [0.15, 0.2) is 5.82 Å². The van der Waals surface area contributed by atoms with Gasteiger partial charge in [0, 0.05) is 6.04 Å². The zero-order chi connectivity index (χ0) is 11.0. The molecule has 0 aliphatic carbocycles. The Bertz CT molecular complexity index is 486. The first-order valence-corrected chi connectivity index (χ1v) is 5.12. The molecule has 5 nitrogen and oxygen atoms in total. The molecule has 2 aromatic rings. The summed E-state index contributed by atoms with van der Waals surface area (Å²) in [6.07, 6.45) is 2.34. The Labute approximate surface area is 88.3 Å². The average molecular weight is 205 g/mol. The number of hydrogen-bond acceptors (Lipinski definition) is 4. The third kappa shape index (κ3) is 1.44. The molecule has 2 N–H and O–H groups in total. The van der Waals surface area contributed by atoms with Crippen LogP contribution in [0, 0.1) is 0 Å². The van der Waals surface area contributed by atoms with Crippen LogP contribution in [-0.4, -0.2) is 19.7 Å². The van der Waals surface area contributed by atoms with E-state index < -0.39 is 0 Å². The third-order valence-electron chi connectivity index (χ3n) is 2.41. The number of nitrogens with zero attached hydrogens (tertiary/aromatic N) is 4. The summed E-state index contributed by atoms with van der Waals surface area (Å²) in [6, 6.07) is 0.265. The van der Waals surface area contributed by atoms with Crippen LogP contribution in [0.5, 0.6) is 0 Å². The van der Waals surface area contributed by atoms with Crippen molar-refractivity contribution in [2.45, 2.75) is 33.2 Å². The van der Waals surface area contributed by atoms with Crippen molar-refractivity contribution in [2.24, 2.45) is 0 Å². The highest BCUT2D eigenvalue weighted by molar-refractivity contribution is 5.86. The highest BCUT2D eigenvalue weighted by Gasteiger charge is 2.15. The molecule has 0 aliphatic rings. The second-order valence-corrected chi connectivity index (χ2v) is 3.79. The minimum absolute atomic E-state index is 0.265. The molecule has 0 amide bonds. The minimum Gasteiger partial charge on any atom is -0.382 e. The second kappa shape index (κ2) is 3.49. The molecule has 0 bridgehead atoms. The molecule has 0 spiro atoms. The predicted molar refractivity (Wildman–Crippen MR) is 59.5 cm³/mol. The molecule has 15 heavy (non-hydrogen) atoms. The maximum atomic E-state index is 5.85. The molecule has 0 radical (unpaired) electrons. The van der Waals surface area contributed by atoms with E-state index in [0.29, 0.717) is 5.82 Å². The van der Waals surface area contributed by atoms with Crippen molar-refractivity contribution < 1.29 is 0 Å². The van der Waals surface area contributed by atoms with E-state index in [-0.39, 0.29) is 6.04 Å². The summed E-state index contributed by atoms with van der Waals surface area (Å²) in [5.41, 5.74) is 8.56. The van der Waals surface area contributed by atoms with Gasteiger partial charge in [-0.2, -0.15) is 5.10 Å². The van der Waals surface area contributed by atoms with Gasteiger partial charge >= 0.3 is 0 Å². The molecule has 80 valence electrons. The first-order valence-electron chi connectivity index (χ1n) is 5.12. The molecule has 0 saturated heterocycles. The summed E-state index contributed by atoms with van der Waals surface area (Å²) in [5.74, 6) is 0.501. The molecule has 2 rings (SSSR count). The first kappa shape index (κ1) is 9.89. The lowest BCUT2D eigenvalue weighted by Gasteiger charge is -2.07. The van der Waals surface area contributed by atoms with Crippen molar-refractivity contribution in [1.82, 2.24) is 19.7 Å². The van der Waals surface area contributed by atoms with Gasteiger partial charge in [-0.3, -0.25) is 4.68 Å². The number of rotatable bonds is 2. The summed E-state index contributed by atoms with van der Waals surface area (Å²) in [4.78, 5) is 8.25. The molecular weight excluding hydrogens is 190 g/mol. The maximum absolute atomic E-state index is 5.85. The Morgan fingerprint density at radius 1 is 1.40 bits per heavy atom. The number of aromatic nitrogens is 4. The van der Waals surface area contributed by atoms with E-state index in [2.05, 4.69) is 35.8 Å². The molecule has 2 aromatic heterocycles. The van der Waals surface area contributed by atoms with E-state index in [0.717, 1.165) is 23.1 Å². The number of hydrogen-bond donors (Lipinski definition) is 1. The van der Waals surface area contributed by atoms with Crippen molar-refractivity contribution in [1.29, 1.82) is 0 Å². The molecule has 5 heteroatoms. The van der Waals surface area contributed by atoms with Crippen molar-refractivity contribution in [2.75, 3.05) is 5.73 Å². The summed E-state index contributed by atoms with van der Waals surface area (Å²) >= 11 is 0. The summed E-state index contributed by atoms with van der Waals surface area (Å²) < 4.78 is 1.89. The second-order valence-electron chi connectivity index (χ2n) is 3.79. The normalized spacial score (nSPS) is 11.5. The molecule has 0 unspecified atom stereocenters. The Morgan fingerprint density at radius 2 is 2.13 bits per heavy atom. The van der Waals surface area contributed by atoms with Crippen LogP contribution in [0.4, 0.5) is 5.82 Å². The van der Waals surface area contributed by atoms with E-state index in [1.807, 2.05) is 4.68 Å². The van der Waals surface area contributed by atoms with Gasteiger partial charge in [0.25, 0.3) is 0 Å². The smallest absolute Gasteiger partial charge is 0.153 e. The standard InChI is InChI=1S/C10H15N5/c1-4-7-8-9(10(11)13-5-12-8)15(14-7)6(2)3/h5-6H,4H2,1-3H3,(H2,11,12,13). The summed E-state index contributed by atoms with van der Waals surface area (Å²) in [5, 5.41) is 4.50. The lowest BCUT2D eigenvalue weighted by Crippen LogP contribution is -2.05. The van der Waals surface area contributed by atoms with Crippen LogP contribution in [0.15, 0.2) is 6.33 Å². The molecule has 2 heterocycles. The maximum Gasteiger partial charge on any atom is 0.153 e. The first-order chi connectivity index (χ1) is 7.15. The van der Waals surface area contributed by atoms with E-state index in [1.165, 1.54) is 6.33 Å². The number of anilines is 1. The number of aryl methyl sites for hydroxylation is 1. The third-order valence-corrected chi connectivity index (χ3v) is 2.41. The number of fused-ring (bicyclic) bond motifs is 1. The molecule has 0 fully saturated rings. The van der Waals surface area contributed by atoms with Gasteiger partial charge in [0.2, 0.25) is 0 Å². The van der Waals surface area contributed by atoms with Gasteiger partial charge in [-0.25, -0.2) is 9.97 Å². The Kier molecular flexibility index (Phi) is 2.30. The van der Waals surface area contributed by atoms with E-state index in [4.69, 9.17) is 5.73 Å². The van der Waals surface area contributed by atoms with E-state index >= 15 is 0 Å². The minimum atomic E-state index is 0.265. The van der Waals surface area contributed by atoms with Gasteiger partial charge < -0.3 is 5.73 Å². The fourth-order valence-corrected chi connectivity index (χ4v) is 1.67. The zero-order valence-corrected chi connectivity index (χ0v) is 9.23. The van der Waals surface area contributed by atoms with Crippen LogP contribution >= 0.6 is 0 Å². The average Bonchev–Trinajstić information content (AvgIpc) is 2.58. The van der Waals surface area contributed by atoms with Crippen LogP contribution in [0.3, 0.4) is 0 Å². The molecular formula is C10H15N5. The van der Waals surface area contributed by atoms with E-state index in [9.17, 15) is 0 Å². The van der Waals surface area contributed by atoms with Gasteiger partial charge in [0.05, 0.1) is 5.69 Å². The van der Waals surface area contributed by atoms with Crippen molar-refractivity contribution in [3.63, 3.8) is 0 Å². The fraction of sp³-hybridized carbons (Fsp3) is 0.500. The lowest BCUT2D eigenvalue weighted by atomic mass is 10.3. The monoisotopic (exact) mass is 205 g/mol. The highest BCUT2D eigenvalue weighted by atomic mass is 15.3.